The molecule has 2 rings (SSSR count). The van der Waals surface area contributed by atoms with E-state index in [1.165, 1.54) is 6.07 Å². The van der Waals surface area contributed by atoms with Gasteiger partial charge in [0.1, 0.15) is 0 Å². The summed E-state index contributed by atoms with van der Waals surface area (Å²) in [6.07, 6.45) is -0.913. The largest absolute Gasteiger partial charge is 0.387 e. The van der Waals surface area contributed by atoms with Crippen molar-refractivity contribution < 1.29 is 13.9 Å². The third-order valence-corrected chi connectivity index (χ3v) is 3.94. The molecule has 20 heavy (non-hydrogen) atoms. The van der Waals surface area contributed by atoms with Gasteiger partial charge in [0.15, 0.2) is 11.6 Å². The van der Waals surface area contributed by atoms with E-state index in [0.29, 0.717) is 5.56 Å². The number of aliphatic hydroxyl groups is 1. The van der Waals surface area contributed by atoms with Gasteiger partial charge in [0.25, 0.3) is 0 Å². The maximum absolute atomic E-state index is 13.1. The second-order valence-electron chi connectivity index (χ2n) is 4.48. The number of anilines is 1. The molecule has 0 amide bonds. The summed E-state index contributed by atoms with van der Waals surface area (Å²) in [5.74, 6) is -1.88. The quantitative estimate of drug-likeness (QED) is 0.874. The number of aliphatic hydroxyl groups excluding tert-OH is 1. The first-order valence-electron chi connectivity index (χ1n) is 6.11. The van der Waals surface area contributed by atoms with Gasteiger partial charge in [0.05, 0.1) is 6.10 Å². The van der Waals surface area contributed by atoms with Crippen LogP contribution in [-0.4, -0.2) is 11.7 Å². The van der Waals surface area contributed by atoms with Crippen molar-refractivity contribution in [2.75, 3.05) is 11.9 Å². The molecule has 5 heteroatoms. The van der Waals surface area contributed by atoms with Crippen molar-refractivity contribution in [2.45, 2.75) is 13.0 Å². The molecule has 106 valence electrons. The second kappa shape index (κ2) is 6.33. The molecule has 0 aliphatic heterocycles. The Balaban J connectivity index is 2.06. The predicted octanol–water partition coefficient (Wildman–Crippen LogP) is 4.18. The number of benzene rings is 2. The van der Waals surface area contributed by atoms with E-state index in [1.54, 1.807) is 0 Å². The number of halogens is 3. The number of hydrogen-bond donors (Lipinski definition) is 2. The Labute approximate surface area is 124 Å². The van der Waals surface area contributed by atoms with Gasteiger partial charge in [0, 0.05) is 16.7 Å². The Morgan fingerprint density at radius 3 is 2.65 bits per heavy atom. The molecule has 0 radical (unpaired) electrons. The molecule has 0 aliphatic carbocycles. The van der Waals surface area contributed by atoms with Gasteiger partial charge in [-0.3, -0.25) is 0 Å². The minimum Gasteiger partial charge on any atom is -0.387 e. The van der Waals surface area contributed by atoms with Crippen molar-refractivity contribution in [3.63, 3.8) is 0 Å². The molecule has 0 saturated carbocycles. The summed E-state index contributed by atoms with van der Waals surface area (Å²) in [5, 5.41) is 13.1. The highest BCUT2D eigenvalue weighted by Crippen LogP contribution is 2.24. The normalized spacial score (nSPS) is 12.2. The summed E-state index contributed by atoms with van der Waals surface area (Å²) >= 11 is 3.42. The van der Waals surface area contributed by atoms with Crippen LogP contribution in [0.2, 0.25) is 0 Å². The fourth-order valence-corrected chi connectivity index (χ4v) is 2.21. The van der Waals surface area contributed by atoms with Crippen molar-refractivity contribution >= 4 is 21.6 Å². The Bertz CT molecular complexity index is 619. The molecule has 1 unspecified atom stereocenters. The average Bonchev–Trinajstić information content (AvgIpc) is 2.43. The highest BCUT2D eigenvalue weighted by molar-refractivity contribution is 9.10. The minimum absolute atomic E-state index is 0.211. The van der Waals surface area contributed by atoms with Crippen LogP contribution in [0, 0.1) is 18.6 Å². The smallest absolute Gasteiger partial charge is 0.159 e. The molecular formula is C15H14BrF2NO. The van der Waals surface area contributed by atoms with Crippen LogP contribution >= 0.6 is 15.9 Å². The maximum Gasteiger partial charge on any atom is 0.159 e. The van der Waals surface area contributed by atoms with Crippen molar-refractivity contribution in [3.8, 4) is 0 Å². The van der Waals surface area contributed by atoms with E-state index in [9.17, 15) is 13.9 Å². The Morgan fingerprint density at radius 2 is 1.95 bits per heavy atom. The topological polar surface area (TPSA) is 32.3 Å². The summed E-state index contributed by atoms with van der Waals surface area (Å²) in [6.45, 7) is 2.15. The lowest BCUT2D eigenvalue weighted by atomic mass is 10.1. The number of rotatable bonds is 4. The van der Waals surface area contributed by atoms with E-state index in [-0.39, 0.29) is 6.54 Å². The van der Waals surface area contributed by atoms with Gasteiger partial charge >= 0.3 is 0 Å². The zero-order valence-corrected chi connectivity index (χ0v) is 12.4. The van der Waals surface area contributed by atoms with Gasteiger partial charge < -0.3 is 10.4 Å². The van der Waals surface area contributed by atoms with Crippen LogP contribution in [0.15, 0.2) is 40.9 Å². The Morgan fingerprint density at radius 1 is 1.20 bits per heavy atom. The lowest BCUT2D eigenvalue weighted by molar-refractivity contribution is 0.191. The zero-order valence-electron chi connectivity index (χ0n) is 10.8. The van der Waals surface area contributed by atoms with Crippen LogP contribution in [0.1, 0.15) is 17.2 Å². The van der Waals surface area contributed by atoms with Gasteiger partial charge in [-0.05, 0) is 42.3 Å². The van der Waals surface area contributed by atoms with Gasteiger partial charge in [-0.1, -0.05) is 28.1 Å². The number of nitrogens with one attached hydrogen (secondary N) is 1. The van der Waals surface area contributed by atoms with Gasteiger partial charge in [0.2, 0.25) is 0 Å². The molecule has 0 bridgehead atoms. The lowest BCUT2D eigenvalue weighted by Crippen LogP contribution is -2.13. The molecule has 0 heterocycles. The molecule has 0 spiro atoms. The van der Waals surface area contributed by atoms with Gasteiger partial charge in [-0.15, -0.1) is 0 Å². The molecule has 2 nitrogen and oxygen atoms in total. The van der Waals surface area contributed by atoms with Gasteiger partial charge in [-0.25, -0.2) is 8.78 Å². The monoisotopic (exact) mass is 341 g/mol. The molecule has 2 N–H and O–H groups in total. The summed E-state index contributed by atoms with van der Waals surface area (Å²) in [6, 6.07) is 9.08. The van der Waals surface area contributed by atoms with Crippen LogP contribution in [0.3, 0.4) is 0 Å². The van der Waals surface area contributed by atoms with Crippen LogP contribution in [0.25, 0.3) is 0 Å². The van der Waals surface area contributed by atoms with Crippen molar-refractivity contribution in [2.24, 2.45) is 0 Å². The van der Waals surface area contributed by atoms with Crippen LogP contribution in [0.4, 0.5) is 14.5 Å². The van der Waals surface area contributed by atoms with E-state index >= 15 is 0 Å². The van der Waals surface area contributed by atoms with Crippen LogP contribution in [0.5, 0.6) is 0 Å². The third-order valence-electron chi connectivity index (χ3n) is 3.08. The lowest BCUT2D eigenvalue weighted by Gasteiger charge is -2.15. The van der Waals surface area contributed by atoms with Gasteiger partial charge in [-0.2, -0.15) is 0 Å². The third kappa shape index (κ3) is 3.35. The van der Waals surface area contributed by atoms with E-state index < -0.39 is 17.7 Å². The van der Waals surface area contributed by atoms with Crippen LogP contribution in [-0.2, 0) is 0 Å². The highest BCUT2D eigenvalue weighted by Gasteiger charge is 2.11. The molecule has 0 aromatic heterocycles. The first kappa shape index (κ1) is 14.9. The standard InChI is InChI=1S/C15H14BrF2NO/c1-9-11(16)3-2-4-14(9)19-8-15(20)10-5-6-12(17)13(18)7-10/h2-7,15,19-20H,8H2,1H3. The fourth-order valence-electron chi connectivity index (χ4n) is 1.84. The summed E-state index contributed by atoms with van der Waals surface area (Å²) < 4.78 is 26.9. The highest BCUT2D eigenvalue weighted by atomic mass is 79.9. The van der Waals surface area contributed by atoms with Crippen molar-refractivity contribution in [1.82, 2.24) is 0 Å². The molecule has 0 aliphatic rings. The maximum atomic E-state index is 13.1. The molecule has 2 aromatic rings. The molecule has 0 fully saturated rings. The Hall–Kier alpha value is -1.46. The summed E-state index contributed by atoms with van der Waals surface area (Å²) in [7, 11) is 0. The van der Waals surface area contributed by atoms with E-state index in [2.05, 4.69) is 21.2 Å². The average molecular weight is 342 g/mol. The van der Waals surface area contributed by atoms with Crippen LogP contribution < -0.4 is 5.32 Å². The first-order valence-corrected chi connectivity index (χ1v) is 6.90. The predicted molar refractivity (Wildman–Crippen MR) is 78.7 cm³/mol. The van der Waals surface area contributed by atoms with E-state index in [0.717, 1.165) is 27.9 Å². The zero-order chi connectivity index (χ0) is 14.7. The summed E-state index contributed by atoms with van der Waals surface area (Å²) in [5.41, 5.74) is 2.23. The fraction of sp³-hybridized carbons (Fsp3) is 0.200. The van der Waals surface area contributed by atoms with Crippen molar-refractivity contribution in [3.05, 3.63) is 63.6 Å². The molecule has 2 aromatic carbocycles. The molecule has 0 saturated heterocycles. The SMILES string of the molecule is Cc1c(Br)cccc1NCC(O)c1ccc(F)c(F)c1. The van der Waals surface area contributed by atoms with Crippen molar-refractivity contribution in [1.29, 1.82) is 0 Å². The molecular weight excluding hydrogens is 328 g/mol. The molecule has 1 atom stereocenters. The minimum atomic E-state index is -0.958. The summed E-state index contributed by atoms with van der Waals surface area (Å²) in [4.78, 5) is 0. The first-order chi connectivity index (χ1) is 9.49. The second-order valence-corrected chi connectivity index (χ2v) is 5.34. The van der Waals surface area contributed by atoms with E-state index in [4.69, 9.17) is 0 Å². The Kier molecular flexibility index (Phi) is 4.73. The van der Waals surface area contributed by atoms with E-state index in [1.807, 2.05) is 25.1 Å². The number of hydrogen-bond acceptors (Lipinski definition) is 2.